The molecule has 0 bridgehead atoms. The second-order valence-corrected chi connectivity index (χ2v) is 7.35. The maximum Gasteiger partial charge on any atom is 0.223 e. The number of rotatable bonds is 3. The molecule has 3 N–H and O–H groups in total. The Balaban J connectivity index is 1.60. The van der Waals surface area contributed by atoms with Crippen molar-refractivity contribution in [3.63, 3.8) is 0 Å². The second-order valence-electron chi connectivity index (χ2n) is 7.35. The molecule has 1 saturated heterocycles. The number of carbonyl (C=O) groups excluding carboxylic acids is 1. The molecule has 1 aliphatic carbocycles. The van der Waals surface area contributed by atoms with Gasteiger partial charge in [0.2, 0.25) is 5.91 Å². The van der Waals surface area contributed by atoms with Crippen LogP contribution in [0.4, 0.5) is 10.1 Å². The lowest BCUT2D eigenvalue weighted by molar-refractivity contribution is -0.126. The number of aryl methyl sites for hydroxylation is 1. The van der Waals surface area contributed by atoms with Crippen LogP contribution >= 0.6 is 0 Å². The molecule has 0 spiro atoms. The highest BCUT2D eigenvalue weighted by atomic mass is 19.1. The first kappa shape index (κ1) is 17.2. The van der Waals surface area contributed by atoms with Gasteiger partial charge in [0.05, 0.1) is 0 Å². The van der Waals surface area contributed by atoms with Crippen LogP contribution in [0.5, 0.6) is 0 Å². The van der Waals surface area contributed by atoms with Gasteiger partial charge in [0.25, 0.3) is 0 Å². The number of nitrogens with two attached hydrogens (primary N) is 1. The number of hydrogen-bond donors (Lipinski definition) is 2. The number of piperidine rings is 1. The van der Waals surface area contributed by atoms with Crippen molar-refractivity contribution in [2.75, 3.05) is 18.0 Å². The molecule has 132 valence electrons. The number of nitrogens with one attached hydrogen (secondary N) is 1. The van der Waals surface area contributed by atoms with E-state index in [1.165, 1.54) is 6.07 Å². The van der Waals surface area contributed by atoms with E-state index in [2.05, 4.69) is 10.2 Å². The highest BCUT2D eigenvalue weighted by Crippen LogP contribution is 2.26. The Labute approximate surface area is 143 Å². The van der Waals surface area contributed by atoms with Gasteiger partial charge < -0.3 is 16.0 Å². The molecule has 0 aromatic heterocycles. The molecule has 1 aromatic rings. The van der Waals surface area contributed by atoms with Crippen LogP contribution in [0.2, 0.25) is 0 Å². The molecule has 0 radical (unpaired) electrons. The number of carbonyl (C=O) groups is 1. The molecule has 4 nitrogen and oxygen atoms in total. The van der Waals surface area contributed by atoms with Gasteiger partial charge in [-0.1, -0.05) is 6.42 Å². The van der Waals surface area contributed by atoms with E-state index in [4.69, 9.17) is 5.73 Å². The summed E-state index contributed by atoms with van der Waals surface area (Å²) in [5.74, 6) is 0.0243. The topological polar surface area (TPSA) is 58.4 Å². The van der Waals surface area contributed by atoms with E-state index >= 15 is 0 Å². The Bertz CT molecular complexity index is 592. The van der Waals surface area contributed by atoms with Crippen LogP contribution in [0, 0.1) is 18.7 Å². The van der Waals surface area contributed by atoms with E-state index in [1.807, 2.05) is 13.0 Å². The van der Waals surface area contributed by atoms with E-state index in [0.29, 0.717) is 0 Å². The minimum atomic E-state index is -0.202. The molecule has 3 unspecified atom stereocenters. The highest BCUT2D eigenvalue weighted by Gasteiger charge is 2.28. The Kier molecular flexibility index (Phi) is 5.39. The lowest BCUT2D eigenvalue weighted by Gasteiger charge is -2.36. The summed E-state index contributed by atoms with van der Waals surface area (Å²) in [6, 6.07) is 5.25. The van der Waals surface area contributed by atoms with E-state index in [0.717, 1.165) is 62.9 Å². The third kappa shape index (κ3) is 4.07. The zero-order valence-corrected chi connectivity index (χ0v) is 14.4. The zero-order chi connectivity index (χ0) is 17.1. The van der Waals surface area contributed by atoms with Crippen LogP contribution in [-0.4, -0.2) is 31.1 Å². The Morgan fingerprint density at radius 2 is 2.12 bits per heavy atom. The lowest BCUT2D eigenvalue weighted by Crippen LogP contribution is -2.50. The molecule has 1 heterocycles. The lowest BCUT2D eigenvalue weighted by atomic mass is 9.85. The molecule has 5 heteroatoms. The van der Waals surface area contributed by atoms with Crippen LogP contribution in [0.15, 0.2) is 18.2 Å². The summed E-state index contributed by atoms with van der Waals surface area (Å²) in [5, 5.41) is 3.23. The molecule has 3 rings (SSSR count). The predicted molar refractivity (Wildman–Crippen MR) is 94.4 cm³/mol. The van der Waals surface area contributed by atoms with Crippen molar-refractivity contribution in [1.82, 2.24) is 5.32 Å². The van der Waals surface area contributed by atoms with Gasteiger partial charge in [-0.2, -0.15) is 0 Å². The first-order chi connectivity index (χ1) is 11.5. The number of nitrogens with zero attached hydrogens (tertiary/aromatic N) is 1. The normalized spacial score (nSPS) is 27.8. The number of anilines is 1. The predicted octanol–water partition coefficient (Wildman–Crippen LogP) is 2.74. The van der Waals surface area contributed by atoms with Gasteiger partial charge in [-0.15, -0.1) is 0 Å². The van der Waals surface area contributed by atoms with Crippen LogP contribution < -0.4 is 16.0 Å². The quantitative estimate of drug-likeness (QED) is 0.894. The Morgan fingerprint density at radius 3 is 2.88 bits per heavy atom. The highest BCUT2D eigenvalue weighted by molar-refractivity contribution is 5.79. The van der Waals surface area contributed by atoms with Gasteiger partial charge >= 0.3 is 0 Å². The fourth-order valence-electron chi connectivity index (χ4n) is 4.07. The monoisotopic (exact) mass is 333 g/mol. The van der Waals surface area contributed by atoms with Crippen molar-refractivity contribution >= 4 is 11.6 Å². The third-order valence-electron chi connectivity index (χ3n) is 5.35. The van der Waals surface area contributed by atoms with Crippen molar-refractivity contribution in [2.24, 2.45) is 11.7 Å². The second kappa shape index (κ2) is 7.51. The number of amides is 1. The summed E-state index contributed by atoms with van der Waals surface area (Å²) >= 11 is 0. The van der Waals surface area contributed by atoms with E-state index in [1.54, 1.807) is 6.07 Å². The summed E-state index contributed by atoms with van der Waals surface area (Å²) in [5.41, 5.74) is 8.01. The summed E-state index contributed by atoms with van der Waals surface area (Å²) in [7, 11) is 0. The minimum Gasteiger partial charge on any atom is -0.369 e. The molecule has 1 amide bonds. The molecular formula is C19H28FN3O. The van der Waals surface area contributed by atoms with Crippen molar-refractivity contribution in [1.29, 1.82) is 0 Å². The van der Waals surface area contributed by atoms with Gasteiger partial charge in [0, 0.05) is 36.8 Å². The zero-order valence-electron chi connectivity index (χ0n) is 14.4. The molecular weight excluding hydrogens is 305 g/mol. The smallest absolute Gasteiger partial charge is 0.223 e. The molecule has 1 saturated carbocycles. The van der Waals surface area contributed by atoms with Crippen LogP contribution in [0.25, 0.3) is 0 Å². The number of halogens is 1. The van der Waals surface area contributed by atoms with E-state index in [9.17, 15) is 9.18 Å². The van der Waals surface area contributed by atoms with Gasteiger partial charge in [0.15, 0.2) is 0 Å². The maximum absolute atomic E-state index is 13.3. The summed E-state index contributed by atoms with van der Waals surface area (Å²) in [4.78, 5) is 14.8. The molecule has 2 fully saturated rings. The third-order valence-corrected chi connectivity index (χ3v) is 5.35. The molecule has 1 aromatic carbocycles. The van der Waals surface area contributed by atoms with Crippen LogP contribution in [0.3, 0.4) is 0 Å². The Morgan fingerprint density at radius 1 is 1.29 bits per heavy atom. The average Bonchev–Trinajstić information content (AvgIpc) is 2.55. The summed E-state index contributed by atoms with van der Waals surface area (Å²) in [6.45, 7) is 3.67. The molecule has 2 aliphatic rings. The molecule has 1 aliphatic heterocycles. The summed E-state index contributed by atoms with van der Waals surface area (Å²) in [6.07, 6.45) is 5.87. The van der Waals surface area contributed by atoms with Crippen LogP contribution in [0.1, 0.15) is 44.1 Å². The average molecular weight is 333 g/mol. The fourth-order valence-corrected chi connectivity index (χ4v) is 4.07. The molecule has 24 heavy (non-hydrogen) atoms. The number of benzene rings is 1. The van der Waals surface area contributed by atoms with Crippen LogP contribution in [-0.2, 0) is 4.79 Å². The van der Waals surface area contributed by atoms with E-state index in [-0.39, 0.29) is 29.7 Å². The van der Waals surface area contributed by atoms with Crippen molar-refractivity contribution in [3.8, 4) is 0 Å². The molecule has 3 atom stereocenters. The Hall–Kier alpha value is -1.62. The van der Waals surface area contributed by atoms with Crippen molar-refractivity contribution in [3.05, 3.63) is 29.6 Å². The summed E-state index contributed by atoms with van der Waals surface area (Å²) < 4.78 is 13.3. The van der Waals surface area contributed by atoms with Gasteiger partial charge in [0.1, 0.15) is 5.82 Å². The van der Waals surface area contributed by atoms with Crippen molar-refractivity contribution < 1.29 is 9.18 Å². The number of hydrogen-bond acceptors (Lipinski definition) is 3. The van der Waals surface area contributed by atoms with Gasteiger partial charge in [-0.3, -0.25) is 4.79 Å². The van der Waals surface area contributed by atoms with Gasteiger partial charge in [-0.05, 0) is 62.8 Å². The van der Waals surface area contributed by atoms with Gasteiger partial charge in [-0.25, -0.2) is 4.39 Å². The van der Waals surface area contributed by atoms with E-state index < -0.39 is 0 Å². The first-order valence-electron chi connectivity index (χ1n) is 9.10. The first-order valence-corrected chi connectivity index (χ1v) is 9.10. The standard InChI is InChI=1S/C19H28FN3O/c1-13-10-15(20)7-8-18(13)23-9-3-6-17(12-23)22-19(24)14-4-2-5-16(21)11-14/h7-8,10,14,16-17H,2-6,9,11-12,21H2,1H3,(H,22,24). The largest absolute Gasteiger partial charge is 0.369 e. The maximum atomic E-state index is 13.3. The van der Waals surface area contributed by atoms with Crippen molar-refractivity contribution in [2.45, 2.75) is 57.5 Å². The minimum absolute atomic E-state index is 0.0664. The fraction of sp³-hybridized carbons (Fsp3) is 0.632. The SMILES string of the molecule is Cc1cc(F)ccc1N1CCCC(NC(=O)C2CCCC(N)C2)C1.